The number of carbonyl (C=O) groups is 2. The minimum absolute atomic E-state index is 0.0996. The highest BCUT2D eigenvalue weighted by atomic mass is 16.4. The van der Waals surface area contributed by atoms with Crippen molar-refractivity contribution in [3.05, 3.63) is 17.0 Å². The van der Waals surface area contributed by atoms with Crippen LogP contribution in [0.4, 0.5) is 0 Å². The Kier molecular flexibility index (Phi) is 5.89. The Balaban J connectivity index is 1.76. The summed E-state index contributed by atoms with van der Waals surface area (Å²) in [4.78, 5) is 28.8. The lowest BCUT2D eigenvalue weighted by Crippen LogP contribution is -2.50. The predicted octanol–water partition coefficient (Wildman–Crippen LogP) is 2.24. The first-order chi connectivity index (χ1) is 12.8. The molecule has 0 aromatic carbocycles. The number of likely N-dealkylation sites (tertiary alicyclic amines) is 1. The lowest BCUT2D eigenvalue weighted by Gasteiger charge is -2.37. The summed E-state index contributed by atoms with van der Waals surface area (Å²) < 4.78 is 1.83. The standard InChI is InChI=1S/C20H32N4O3/c1-13(2)11-24-17-7-10-23(12-16(17)18(21-24)20(26)27)19(25)15(4)22-8-5-14(3)6-9-22/h13-15H,5-12H2,1-4H3,(H,26,27)/t15-/m1/s1. The summed E-state index contributed by atoms with van der Waals surface area (Å²) in [5.74, 6) is 0.201. The Labute approximate surface area is 161 Å². The second kappa shape index (κ2) is 8.00. The molecule has 7 nitrogen and oxygen atoms in total. The van der Waals surface area contributed by atoms with E-state index in [1.807, 2.05) is 16.5 Å². The molecule has 27 heavy (non-hydrogen) atoms. The van der Waals surface area contributed by atoms with Crippen LogP contribution in [0.25, 0.3) is 0 Å². The smallest absolute Gasteiger partial charge is 0.356 e. The van der Waals surface area contributed by atoms with Gasteiger partial charge in [-0.3, -0.25) is 14.4 Å². The fourth-order valence-corrected chi connectivity index (χ4v) is 4.18. The second-order valence-corrected chi connectivity index (χ2v) is 8.56. The van der Waals surface area contributed by atoms with E-state index >= 15 is 0 Å². The summed E-state index contributed by atoms with van der Waals surface area (Å²) in [6.07, 6.45) is 2.93. The molecule has 0 unspecified atom stereocenters. The zero-order valence-electron chi connectivity index (χ0n) is 16.9. The van der Waals surface area contributed by atoms with Crippen LogP contribution >= 0.6 is 0 Å². The van der Waals surface area contributed by atoms with Crippen molar-refractivity contribution < 1.29 is 14.7 Å². The number of carboxylic acid groups (broad SMARTS) is 1. The van der Waals surface area contributed by atoms with Crippen LogP contribution in [0.15, 0.2) is 0 Å². The van der Waals surface area contributed by atoms with Crippen molar-refractivity contribution in [2.45, 2.75) is 66.1 Å². The summed E-state index contributed by atoms with van der Waals surface area (Å²) in [7, 11) is 0. The number of piperidine rings is 1. The lowest BCUT2D eigenvalue weighted by molar-refractivity contribution is -0.138. The van der Waals surface area contributed by atoms with E-state index in [-0.39, 0.29) is 17.6 Å². The zero-order valence-corrected chi connectivity index (χ0v) is 16.9. The molecule has 2 aliphatic rings. The third kappa shape index (κ3) is 4.18. The van der Waals surface area contributed by atoms with Gasteiger partial charge in [0.2, 0.25) is 5.91 Å². The van der Waals surface area contributed by atoms with Crippen molar-refractivity contribution in [2.75, 3.05) is 19.6 Å². The Morgan fingerprint density at radius 1 is 1.19 bits per heavy atom. The lowest BCUT2D eigenvalue weighted by atomic mass is 9.97. The van der Waals surface area contributed by atoms with Crippen molar-refractivity contribution >= 4 is 11.9 Å². The van der Waals surface area contributed by atoms with Gasteiger partial charge in [-0.05, 0) is 44.7 Å². The third-order valence-electron chi connectivity index (χ3n) is 5.91. The van der Waals surface area contributed by atoms with Gasteiger partial charge in [-0.25, -0.2) is 4.79 Å². The number of rotatable bonds is 5. The zero-order chi connectivity index (χ0) is 19.7. The highest BCUT2D eigenvalue weighted by Gasteiger charge is 2.34. The van der Waals surface area contributed by atoms with Crippen LogP contribution in [0.5, 0.6) is 0 Å². The van der Waals surface area contributed by atoms with E-state index < -0.39 is 5.97 Å². The maximum atomic E-state index is 13.1. The van der Waals surface area contributed by atoms with Gasteiger partial charge in [0.15, 0.2) is 5.69 Å². The van der Waals surface area contributed by atoms with Gasteiger partial charge in [-0.1, -0.05) is 20.8 Å². The Morgan fingerprint density at radius 2 is 1.85 bits per heavy atom. The molecule has 0 aliphatic carbocycles. The van der Waals surface area contributed by atoms with Crippen LogP contribution in [-0.2, 0) is 24.3 Å². The topological polar surface area (TPSA) is 78.7 Å². The Hall–Kier alpha value is -1.89. The van der Waals surface area contributed by atoms with Gasteiger partial charge in [0.05, 0.1) is 6.04 Å². The number of aromatic carboxylic acids is 1. The molecule has 1 atom stereocenters. The second-order valence-electron chi connectivity index (χ2n) is 8.56. The van der Waals surface area contributed by atoms with Gasteiger partial charge in [0.25, 0.3) is 0 Å². The molecule has 0 spiro atoms. The van der Waals surface area contributed by atoms with Crippen LogP contribution < -0.4 is 0 Å². The van der Waals surface area contributed by atoms with Gasteiger partial charge < -0.3 is 10.0 Å². The van der Waals surface area contributed by atoms with Crippen molar-refractivity contribution in [1.82, 2.24) is 19.6 Å². The van der Waals surface area contributed by atoms with Gasteiger partial charge in [-0.2, -0.15) is 5.10 Å². The van der Waals surface area contributed by atoms with Gasteiger partial charge in [0.1, 0.15) is 0 Å². The summed E-state index contributed by atoms with van der Waals surface area (Å²) in [6.45, 7) is 12.0. The maximum Gasteiger partial charge on any atom is 0.356 e. The number of carbonyl (C=O) groups excluding carboxylic acids is 1. The average molecular weight is 377 g/mol. The molecule has 3 rings (SSSR count). The fourth-order valence-electron chi connectivity index (χ4n) is 4.18. The Bertz CT molecular complexity index is 704. The van der Waals surface area contributed by atoms with Crippen LogP contribution in [0.1, 0.15) is 62.3 Å². The minimum Gasteiger partial charge on any atom is -0.476 e. The molecule has 7 heteroatoms. The number of carboxylic acids is 1. The molecule has 1 saturated heterocycles. The van der Waals surface area contributed by atoms with Crippen molar-refractivity contribution in [3.8, 4) is 0 Å². The van der Waals surface area contributed by atoms with Crippen LogP contribution in [0.3, 0.4) is 0 Å². The van der Waals surface area contributed by atoms with Crippen LogP contribution in [0.2, 0.25) is 0 Å². The SMILES string of the molecule is CC(C)Cn1nc(C(=O)O)c2c1CCN(C(=O)[C@@H](C)N1CCC(C)CC1)C2. The summed E-state index contributed by atoms with van der Waals surface area (Å²) >= 11 is 0. The van der Waals surface area contributed by atoms with E-state index in [4.69, 9.17) is 0 Å². The number of hydrogen-bond donors (Lipinski definition) is 1. The molecule has 0 bridgehead atoms. The maximum absolute atomic E-state index is 13.1. The van der Waals surface area contributed by atoms with E-state index in [1.54, 1.807) is 0 Å². The number of amides is 1. The van der Waals surface area contributed by atoms with E-state index in [1.165, 1.54) is 0 Å². The van der Waals surface area contributed by atoms with Crippen LogP contribution in [0, 0.1) is 11.8 Å². The van der Waals surface area contributed by atoms with E-state index in [2.05, 4.69) is 30.8 Å². The molecule has 3 heterocycles. The molecular formula is C20H32N4O3. The number of nitrogens with zero attached hydrogens (tertiary/aromatic N) is 4. The van der Waals surface area contributed by atoms with E-state index in [0.29, 0.717) is 37.5 Å². The predicted molar refractivity (Wildman–Crippen MR) is 103 cm³/mol. The van der Waals surface area contributed by atoms with E-state index in [9.17, 15) is 14.7 Å². The molecular weight excluding hydrogens is 344 g/mol. The number of fused-ring (bicyclic) bond motifs is 1. The van der Waals surface area contributed by atoms with Crippen LogP contribution in [-0.4, -0.2) is 62.2 Å². The van der Waals surface area contributed by atoms with Gasteiger partial charge in [-0.15, -0.1) is 0 Å². The Morgan fingerprint density at radius 3 is 2.44 bits per heavy atom. The summed E-state index contributed by atoms with van der Waals surface area (Å²) in [5.41, 5.74) is 1.79. The highest BCUT2D eigenvalue weighted by Crippen LogP contribution is 2.25. The van der Waals surface area contributed by atoms with E-state index in [0.717, 1.165) is 37.5 Å². The molecule has 150 valence electrons. The van der Waals surface area contributed by atoms with Gasteiger partial charge >= 0.3 is 5.97 Å². The summed E-state index contributed by atoms with van der Waals surface area (Å²) in [5, 5.41) is 13.9. The fraction of sp³-hybridized carbons (Fsp3) is 0.750. The largest absolute Gasteiger partial charge is 0.476 e. The number of hydrogen-bond acceptors (Lipinski definition) is 4. The first-order valence-electron chi connectivity index (χ1n) is 10.1. The molecule has 0 saturated carbocycles. The quantitative estimate of drug-likeness (QED) is 0.853. The molecule has 2 aliphatic heterocycles. The molecule has 1 aromatic heterocycles. The van der Waals surface area contributed by atoms with Crippen molar-refractivity contribution in [1.29, 1.82) is 0 Å². The molecule has 0 radical (unpaired) electrons. The first-order valence-corrected chi connectivity index (χ1v) is 10.1. The normalized spacial score (nSPS) is 20.0. The number of aromatic nitrogens is 2. The van der Waals surface area contributed by atoms with Crippen molar-refractivity contribution in [2.24, 2.45) is 11.8 Å². The highest BCUT2D eigenvalue weighted by molar-refractivity contribution is 5.88. The molecule has 1 aromatic rings. The molecule has 1 fully saturated rings. The minimum atomic E-state index is -1.01. The molecule has 1 N–H and O–H groups in total. The average Bonchev–Trinajstić information content (AvgIpc) is 2.98. The third-order valence-corrected chi connectivity index (χ3v) is 5.91. The van der Waals surface area contributed by atoms with Gasteiger partial charge in [0, 0.05) is 37.3 Å². The monoisotopic (exact) mass is 376 g/mol. The van der Waals surface area contributed by atoms with Crippen molar-refractivity contribution in [3.63, 3.8) is 0 Å². The molecule has 1 amide bonds. The summed E-state index contributed by atoms with van der Waals surface area (Å²) in [6, 6.07) is -0.155. The first kappa shape index (κ1) is 19.9.